The third kappa shape index (κ3) is 2.92. The van der Waals surface area contributed by atoms with Crippen LogP contribution in [0, 0.1) is 18.3 Å². The zero-order valence-corrected chi connectivity index (χ0v) is 11.3. The predicted molar refractivity (Wildman–Crippen MR) is 76.1 cm³/mol. The third-order valence-corrected chi connectivity index (χ3v) is 3.81. The summed E-state index contributed by atoms with van der Waals surface area (Å²) in [5.74, 6) is -0.427. The predicted octanol–water partition coefficient (Wildman–Crippen LogP) is 2.64. The summed E-state index contributed by atoms with van der Waals surface area (Å²) in [6, 6.07) is 11.2. The first-order valence-electron chi connectivity index (χ1n) is 5.74. The molecule has 0 radical (unpaired) electrons. The molecule has 19 heavy (non-hydrogen) atoms. The fraction of sp³-hybridized carbons (Fsp3) is 0.143. The molecule has 0 bridgehead atoms. The molecule has 0 aliphatic heterocycles. The SMILES string of the molecule is Cc1c(NCc2ccc(C#N)s2)cccc1C(N)=O. The second-order valence-electron chi connectivity index (χ2n) is 4.07. The van der Waals surface area contributed by atoms with Crippen LogP contribution < -0.4 is 11.1 Å². The number of hydrogen-bond donors (Lipinski definition) is 2. The van der Waals surface area contributed by atoms with Gasteiger partial charge in [0.1, 0.15) is 10.9 Å². The van der Waals surface area contributed by atoms with E-state index in [0.29, 0.717) is 17.0 Å². The molecule has 1 heterocycles. The van der Waals surface area contributed by atoms with Gasteiger partial charge in [0.05, 0.1) is 0 Å². The molecular formula is C14H13N3OS. The van der Waals surface area contributed by atoms with Crippen molar-refractivity contribution in [2.75, 3.05) is 5.32 Å². The van der Waals surface area contributed by atoms with Gasteiger partial charge < -0.3 is 11.1 Å². The number of rotatable bonds is 4. The molecule has 5 heteroatoms. The Hall–Kier alpha value is -2.32. The molecule has 1 aromatic carbocycles. The van der Waals surface area contributed by atoms with E-state index >= 15 is 0 Å². The molecule has 0 spiro atoms. The molecule has 1 amide bonds. The van der Waals surface area contributed by atoms with Crippen molar-refractivity contribution in [1.82, 2.24) is 0 Å². The van der Waals surface area contributed by atoms with E-state index in [4.69, 9.17) is 11.0 Å². The van der Waals surface area contributed by atoms with Crippen molar-refractivity contribution in [3.05, 3.63) is 51.2 Å². The highest BCUT2D eigenvalue weighted by Crippen LogP contribution is 2.21. The number of nitrogens with two attached hydrogens (primary N) is 1. The Morgan fingerprint density at radius 2 is 2.21 bits per heavy atom. The zero-order valence-electron chi connectivity index (χ0n) is 10.4. The maximum absolute atomic E-state index is 11.3. The lowest BCUT2D eigenvalue weighted by molar-refractivity contribution is 0.1000. The summed E-state index contributed by atoms with van der Waals surface area (Å²) in [4.78, 5) is 13.0. The molecule has 4 nitrogen and oxygen atoms in total. The lowest BCUT2D eigenvalue weighted by Crippen LogP contribution is -2.13. The van der Waals surface area contributed by atoms with Crippen molar-refractivity contribution in [3.8, 4) is 6.07 Å². The van der Waals surface area contributed by atoms with Crippen LogP contribution in [0.1, 0.15) is 25.7 Å². The molecule has 1 aromatic heterocycles. The van der Waals surface area contributed by atoms with Crippen LogP contribution in [-0.2, 0) is 6.54 Å². The molecule has 0 atom stereocenters. The summed E-state index contributed by atoms with van der Waals surface area (Å²) in [6.07, 6.45) is 0. The van der Waals surface area contributed by atoms with Gasteiger partial charge in [-0.25, -0.2) is 0 Å². The van der Waals surface area contributed by atoms with E-state index in [1.165, 1.54) is 11.3 Å². The van der Waals surface area contributed by atoms with Crippen molar-refractivity contribution >= 4 is 22.9 Å². The van der Waals surface area contributed by atoms with Crippen LogP contribution in [0.25, 0.3) is 0 Å². The molecule has 0 saturated carbocycles. The highest BCUT2D eigenvalue weighted by atomic mass is 32.1. The second kappa shape index (κ2) is 5.55. The van der Waals surface area contributed by atoms with Crippen molar-refractivity contribution in [1.29, 1.82) is 5.26 Å². The van der Waals surface area contributed by atoms with Gasteiger partial charge >= 0.3 is 0 Å². The zero-order chi connectivity index (χ0) is 13.8. The quantitative estimate of drug-likeness (QED) is 0.897. The molecule has 0 fully saturated rings. The van der Waals surface area contributed by atoms with Crippen LogP contribution in [0.3, 0.4) is 0 Å². The highest BCUT2D eigenvalue weighted by Gasteiger charge is 2.08. The minimum absolute atomic E-state index is 0.427. The van der Waals surface area contributed by atoms with E-state index in [0.717, 1.165) is 16.1 Å². The molecule has 0 aliphatic rings. The largest absolute Gasteiger partial charge is 0.380 e. The van der Waals surface area contributed by atoms with Gasteiger partial charge in [0.25, 0.3) is 0 Å². The lowest BCUT2D eigenvalue weighted by atomic mass is 10.1. The van der Waals surface area contributed by atoms with Crippen molar-refractivity contribution in [3.63, 3.8) is 0 Å². The van der Waals surface area contributed by atoms with Crippen LogP contribution in [0.2, 0.25) is 0 Å². The fourth-order valence-corrected chi connectivity index (χ4v) is 2.55. The summed E-state index contributed by atoms with van der Waals surface area (Å²) >= 11 is 1.45. The van der Waals surface area contributed by atoms with E-state index in [9.17, 15) is 4.79 Å². The van der Waals surface area contributed by atoms with E-state index in [-0.39, 0.29) is 0 Å². The molecule has 2 rings (SSSR count). The first-order chi connectivity index (χ1) is 9.11. The first-order valence-corrected chi connectivity index (χ1v) is 6.55. The van der Waals surface area contributed by atoms with Gasteiger partial charge in [-0.2, -0.15) is 5.26 Å². The minimum Gasteiger partial charge on any atom is -0.380 e. The molecule has 3 N–H and O–H groups in total. The van der Waals surface area contributed by atoms with Crippen molar-refractivity contribution in [2.24, 2.45) is 5.73 Å². The van der Waals surface area contributed by atoms with Gasteiger partial charge in [-0.3, -0.25) is 4.79 Å². The van der Waals surface area contributed by atoms with Crippen LogP contribution in [-0.4, -0.2) is 5.91 Å². The molecule has 96 valence electrons. The Balaban J connectivity index is 2.14. The number of carbonyl (C=O) groups excluding carboxylic acids is 1. The summed E-state index contributed by atoms with van der Waals surface area (Å²) in [6.45, 7) is 2.48. The topological polar surface area (TPSA) is 78.9 Å². The van der Waals surface area contributed by atoms with E-state index in [1.807, 2.05) is 19.1 Å². The number of anilines is 1. The van der Waals surface area contributed by atoms with Gasteiger partial charge in [-0.15, -0.1) is 11.3 Å². The molecule has 2 aromatic rings. The monoisotopic (exact) mass is 271 g/mol. The van der Waals surface area contributed by atoms with Crippen LogP contribution >= 0.6 is 11.3 Å². The second-order valence-corrected chi connectivity index (χ2v) is 5.24. The number of nitriles is 1. The number of amides is 1. The van der Waals surface area contributed by atoms with E-state index in [1.54, 1.807) is 18.2 Å². The maximum Gasteiger partial charge on any atom is 0.249 e. The molecular weight excluding hydrogens is 258 g/mol. The summed E-state index contributed by atoms with van der Waals surface area (Å²) in [7, 11) is 0. The minimum atomic E-state index is -0.427. The molecule has 0 aliphatic carbocycles. The Kier molecular flexibility index (Phi) is 3.83. The number of nitrogens with zero attached hydrogens (tertiary/aromatic N) is 1. The average molecular weight is 271 g/mol. The highest BCUT2D eigenvalue weighted by molar-refractivity contribution is 7.12. The van der Waals surface area contributed by atoms with Crippen molar-refractivity contribution in [2.45, 2.75) is 13.5 Å². The molecule has 0 saturated heterocycles. The van der Waals surface area contributed by atoms with E-state index < -0.39 is 5.91 Å². The number of hydrogen-bond acceptors (Lipinski definition) is 4. The number of thiophene rings is 1. The summed E-state index contributed by atoms with van der Waals surface area (Å²) < 4.78 is 0. The summed E-state index contributed by atoms with van der Waals surface area (Å²) in [5, 5.41) is 12.0. The van der Waals surface area contributed by atoms with Crippen LogP contribution in [0.5, 0.6) is 0 Å². The third-order valence-electron chi connectivity index (χ3n) is 2.82. The Morgan fingerprint density at radius 1 is 1.42 bits per heavy atom. The standard InChI is InChI=1S/C14H13N3OS/c1-9-12(14(16)18)3-2-4-13(9)17-8-11-6-5-10(7-15)19-11/h2-6,17H,8H2,1H3,(H2,16,18). The van der Waals surface area contributed by atoms with Gasteiger partial charge in [-0.05, 0) is 36.8 Å². The van der Waals surface area contributed by atoms with Crippen LogP contribution in [0.15, 0.2) is 30.3 Å². The van der Waals surface area contributed by atoms with E-state index in [2.05, 4.69) is 11.4 Å². The van der Waals surface area contributed by atoms with Crippen LogP contribution in [0.4, 0.5) is 5.69 Å². The van der Waals surface area contributed by atoms with Gasteiger partial charge in [0.2, 0.25) is 5.91 Å². The number of nitrogens with one attached hydrogen (secondary N) is 1. The first kappa shape index (κ1) is 13.1. The maximum atomic E-state index is 11.3. The smallest absolute Gasteiger partial charge is 0.249 e. The average Bonchev–Trinajstić information content (AvgIpc) is 2.85. The lowest BCUT2D eigenvalue weighted by Gasteiger charge is -2.10. The van der Waals surface area contributed by atoms with Gasteiger partial charge in [-0.1, -0.05) is 6.07 Å². The van der Waals surface area contributed by atoms with Gasteiger partial charge in [0, 0.05) is 22.7 Å². The Labute approximate surface area is 115 Å². The number of benzene rings is 1. The van der Waals surface area contributed by atoms with Gasteiger partial charge in [0.15, 0.2) is 0 Å². The number of carbonyl (C=O) groups is 1. The normalized spacial score (nSPS) is 9.89. The Morgan fingerprint density at radius 3 is 2.84 bits per heavy atom. The Bertz CT molecular complexity index is 655. The number of primary amides is 1. The summed E-state index contributed by atoms with van der Waals surface area (Å²) in [5.41, 5.74) is 7.55. The van der Waals surface area contributed by atoms with Crippen molar-refractivity contribution < 1.29 is 4.79 Å². The fourth-order valence-electron chi connectivity index (χ4n) is 1.81. The molecule has 0 unspecified atom stereocenters.